The molecule has 1 aromatic rings. The van der Waals surface area contributed by atoms with Crippen molar-refractivity contribution in [2.45, 2.75) is 18.9 Å². The Kier molecular flexibility index (Phi) is 6.50. The molecule has 3 rings (SSSR count). The summed E-state index contributed by atoms with van der Waals surface area (Å²) in [6.07, 6.45) is 1.72. The molecule has 0 bridgehead atoms. The van der Waals surface area contributed by atoms with Gasteiger partial charge in [-0.2, -0.15) is 0 Å². The van der Waals surface area contributed by atoms with Gasteiger partial charge in [0.25, 0.3) is 0 Å². The van der Waals surface area contributed by atoms with Crippen molar-refractivity contribution in [2.24, 2.45) is 5.92 Å². The van der Waals surface area contributed by atoms with Crippen LogP contribution in [0.2, 0.25) is 5.02 Å². The molecule has 1 aromatic carbocycles. The molecule has 122 valence electrons. The van der Waals surface area contributed by atoms with Crippen molar-refractivity contribution in [1.82, 2.24) is 10.2 Å². The third-order valence-corrected chi connectivity index (χ3v) is 4.54. The highest BCUT2D eigenvalue weighted by Gasteiger charge is 2.27. The molecule has 0 radical (unpaired) electrons. The quantitative estimate of drug-likeness (QED) is 0.916. The van der Waals surface area contributed by atoms with Crippen LogP contribution in [0, 0.1) is 5.92 Å². The number of hydrogen-bond acceptors (Lipinski definition) is 3. The van der Waals surface area contributed by atoms with Crippen LogP contribution < -0.4 is 5.32 Å². The number of benzene rings is 1. The Morgan fingerprint density at radius 3 is 2.82 bits per heavy atom. The van der Waals surface area contributed by atoms with Gasteiger partial charge in [0.2, 0.25) is 5.91 Å². The Bertz CT molecular complexity index is 489. The summed E-state index contributed by atoms with van der Waals surface area (Å²) in [6.45, 7) is 3.94. The van der Waals surface area contributed by atoms with E-state index < -0.39 is 0 Å². The molecule has 2 fully saturated rings. The van der Waals surface area contributed by atoms with Gasteiger partial charge in [0.1, 0.15) is 6.10 Å². The van der Waals surface area contributed by atoms with Gasteiger partial charge in [-0.25, -0.2) is 0 Å². The summed E-state index contributed by atoms with van der Waals surface area (Å²) >= 11 is 5.91. The largest absolute Gasteiger partial charge is 0.370 e. The summed E-state index contributed by atoms with van der Waals surface area (Å²) in [6, 6.07) is 7.68. The van der Waals surface area contributed by atoms with Gasteiger partial charge >= 0.3 is 0 Å². The molecule has 2 saturated heterocycles. The molecule has 0 spiro atoms. The summed E-state index contributed by atoms with van der Waals surface area (Å²) in [5.41, 5.74) is 1.08. The van der Waals surface area contributed by atoms with E-state index >= 15 is 0 Å². The Balaban J connectivity index is 0.00000176. The van der Waals surface area contributed by atoms with Crippen LogP contribution in [0.1, 0.15) is 24.5 Å². The number of carbonyl (C=O) groups excluding carboxylic acids is 1. The molecule has 0 aliphatic carbocycles. The van der Waals surface area contributed by atoms with Gasteiger partial charge in [-0.3, -0.25) is 4.79 Å². The van der Waals surface area contributed by atoms with Crippen LogP contribution in [0.4, 0.5) is 0 Å². The van der Waals surface area contributed by atoms with E-state index in [0.29, 0.717) is 32.0 Å². The average Bonchev–Trinajstić information content (AvgIpc) is 3.01. The molecule has 2 atom stereocenters. The monoisotopic (exact) mass is 344 g/mol. The van der Waals surface area contributed by atoms with Crippen LogP contribution in [-0.2, 0) is 9.53 Å². The fourth-order valence-corrected chi connectivity index (χ4v) is 3.15. The van der Waals surface area contributed by atoms with Crippen LogP contribution >= 0.6 is 24.0 Å². The minimum atomic E-state index is -0.0401. The van der Waals surface area contributed by atoms with Gasteiger partial charge in [-0.15, -0.1) is 12.4 Å². The second-order valence-corrected chi connectivity index (χ2v) is 6.25. The highest BCUT2D eigenvalue weighted by atomic mass is 35.5. The lowest BCUT2D eigenvalue weighted by Gasteiger charge is -2.33. The average molecular weight is 345 g/mol. The number of nitrogens with one attached hydrogen (secondary N) is 1. The van der Waals surface area contributed by atoms with Crippen molar-refractivity contribution in [3.05, 3.63) is 34.9 Å². The maximum atomic E-state index is 12.4. The van der Waals surface area contributed by atoms with Gasteiger partial charge in [-0.1, -0.05) is 23.7 Å². The summed E-state index contributed by atoms with van der Waals surface area (Å²) in [4.78, 5) is 14.4. The molecule has 2 aliphatic rings. The van der Waals surface area contributed by atoms with E-state index in [0.717, 1.165) is 30.1 Å². The minimum absolute atomic E-state index is 0. The fraction of sp³-hybridized carbons (Fsp3) is 0.562. The van der Waals surface area contributed by atoms with Crippen molar-refractivity contribution in [3.8, 4) is 0 Å². The smallest absolute Gasteiger partial charge is 0.223 e. The molecule has 6 heteroatoms. The van der Waals surface area contributed by atoms with E-state index in [2.05, 4.69) is 5.32 Å². The molecular formula is C16H22Cl2N2O2. The van der Waals surface area contributed by atoms with Gasteiger partial charge in [0.05, 0.1) is 13.2 Å². The van der Waals surface area contributed by atoms with E-state index in [4.69, 9.17) is 16.3 Å². The Hall–Kier alpha value is -0.810. The molecule has 2 unspecified atom stereocenters. The molecule has 2 heterocycles. The van der Waals surface area contributed by atoms with Crippen molar-refractivity contribution in [1.29, 1.82) is 0 Å². The maximum absolute atomic E-state index is 12.4. The molecule has 2 aliphatic heterocycles. The van der Waals surface area contributed by atoms with Crippen LogP contribution in [0.3, 0.4) is 0 Å². The van der Waals surface area contributed by atoms with Crippen molar-refractivity contribution in [3.63, 3.8) is 0 Å². The zero-order valence-electron chi connectivity index (χ0n) is 12.5. The molecule has 0 saturated carbocycles. The standard InChI is InChI=1S/C16H21ClN2O2.ClH/c17-14-3-1-13(2-4-14)15-11-19(7-8-21-15)16(20)9-12-5-6-18-10-12;/h1-4,12,15,18H,5-11H2;1H. The van der Waals surface area contributed by atoms with Crippen LogP contribution in [0.25, 0.3) is 0 Å². The fourth-order valence-electron chi connectivity index (χ4n) is 3.02. The summed E-state index contributed by atoms with van der Waals surface area (Å²) in [5, 5.41) is 4.03. The summed E-state index contributed by atoms with van der Waals surface area (Å²) in [7, 11) is 0. The molecule has 0 aromatic heterocycles. The first kappa shape index (κ1) is 17.5. The van der Waals surface area contributed by atoms with E-state index in [9.17, 15) is 4.79 Å². The number of nitrogens with zero attached hydrogens (tertiary/aromatic N) is 1. The number of morpholine rings is 1. The van der Waals surface area contributed by atoms with E-state index in [1.165, 1.54) is 0 Å². The minimum Gasteiger partial charge on any atom is -0.370 e. The van der Waals surface area contributed by atoms with Gasteiger partial charge < -0.3 is 15.0 Å². The first-order valence-electron chi connectivity index (χ1n) is 7.58. The van der Waals surface area contributed by atoms with Gasteiger partial charge in [-0.05, 0) is 43.1 Å². The summed E-state index contributed by atoms with van der Waals surface area (Å²) in [5.74, 6) is 0.750. The topological polar surface area (TPSA) is 41.6 Å². The molecular weight excluding hydrogens is 323 g/mol. The lowest BCUT2D eigenvalue weighted by molar-refractivity contribution is -0.139. The van der Waals surface area contributed by atoms with E-state index in [1.54, 1.807) is 0 Å². The van der Waals surface area contributed by atoms with Crippen molar-refractivity contribution in [2.75, 3.05) is 32.8 Å². The SMILES string of the molecule is Cl.O=C(CC1CCNC1)N1CCOC(c2ccc(Cl)cc2)C1. The third kappa shape index (κ3) is 4.35. The van der Waals surface area contributed by atoms with Gasteiger partial charge in [0, 0.05) is 18.0 Å². The first-order chi connectivity index (χ1) is 10.2. The van der Waals surface area contributed by atoms with E-state index in [-0.39, 0.29) is 24.4 Å². The second kappa shape index (κ2) is 8.16. The highest BCUT2D eigenvalue weighted by Crippen LogP contribution is 2.25. The predicted octanol–water partition coefficient (Wildman–Crippen LogP) is 2.66. The lowest BCUT2D eigenvalue weighted by atomic mass is 10.0. The Morgan fingerprint density at radius 1 is 1.36 bits per heavy atom. The zero-order valence-corrected chi connectivity index (χ0v) is 14.0. The molecule has 1 amide bonds. The Labute approximate surface area is 142 Å². The normalized spacial score (nSPS) is 24.9. The van der Waals surface area contributed by atoms with Crippen LogP contribution in [0.5, 0.6) is 0 Å². The third-order valence-electron chi connectivity index (χ3n) is 4.29. The lowest BCUT2D eigenvalue weighted by Crippen LogP contribution is -2.42. The van der Waals surface area contributed by atoms with Crippen LogP contribution in [0.15, 0.2) is 24.3 Å². The second-order valence-electron chi connectivity index (χ2n) is 5.81. The maximum Gasteiger partial charge on any atom is 0.223 e. The molecule has 22 heavy (non-hydrogen) atoms. The molecule has 4 nitrogen and oxygen atoms in total. The number of ether oxygens (including phenoxy) is 1. The highest BCUT2D eigenvalue weighted by molar-refractivity contribution is 6.30. The first-order valence-corrected chi connectivity index (χ1v) is 7.96. The number of rotatable bonds is 3. The Morgan fingerprint density at radius 2 is 2.14 bits per heavy atom. The zero-order chi connectivity index (χ0) is 14.7. The number of hydrogen-bond donors (Lipinski definition) is 1. The summed E-state index contributed by atoms with van der Waals surface area (Å²) < 4.78 is 5.80. The number of carbonyl (C=O) groups is 1. The van der Waals surface area contributed by atoms with E-state index in [1.807, 2.05) is 29.2 Å². The number of amides is 1. The number of halogens is 2. The predicted molar refractivity (Wildman–Crippen MR) is 89.6 cm³/mol. The molecule has 1 N–H and O–H groups in total. The van der Waals surface area contributed by atoms with Gasteiger partial charge in [0.15, 0.2) is 0 Å². The van der Waals surface area contributed by atoms with Crippen LogP contribution in [-0.4, -0.2) is 43.6 Å². The van der Waals surface area contributed by atoms with Crippen molar-refractivity contribution >= 4 is 29.9 Å². The van der Waals surface area contributed by atoms with Crippen molar-refractivity contribution < 1.29 is 9.53 Å².